The molecular weight excluding hydrogens is 286 g/mol. The van der Waals surface area contributed by atoms with Gasteiger partial charge in [0.15, 0.2) is 5.82 Å². The van der Waals surface area contributed by atoms with Crippen LogP contribution in [0.15, 0.2) is 4.52 Å². The van der Waals surface area contributed by atoms with Crippen molar-refractivity contribution in [3.8, 4) is 0 Å². The fourth-order valence-corrected chi connectivity index (χ4v) is 2.47. The van der Waals surface area contributed by atoms with E-state index in [1.807, 2.05) is 13.8 Å². The molecule has 0 saturated carbocycles. The summed E-state index contributed by atoms with van der Waals surface area (Å²) >= 11 is 0. The highest BCUT2D eigenvalue weighted by Crippen LogP contribution is 2.29. The van der Waals surface area contributed by atoms with E-state index in [0.717, 1.165) is 12.8 Å². The van der Waals surface area contributed by atoms with Gasteiger partial charge >= 0.3 is 0 Å². The van der Waals surface area contributed by atoms with Gasteiger partial charge in [-0.25, -0.2) is 0 Å². The van der Waals surface area contributed by atoms with Gasteiger partial charge in [0.1, 0.15) is 0 Å². The van der Waals surface area contributed by atoms with Crippen LogP contribution in [0.25, 0.3) is 0 Å². The summed E-state index contributed by atoms with van der Waals surface area (Å²) in [6.45, 7) is 6.00. The molecular formula is C14H23N5O3. The predicted octanol–water partition coefficient (Wildman–Crippen LogP) is 0.141. The summed E-state index contributed by atoms with van der Waals surface area (Å²) in [5, 5.41) is 6.49. The average molecular weight is 309 g/mol. The van der Waals surface area contributed by atoms with Crippen molar-refractivity contribution in [1.29, 1.82) is 0 Å². The molecule has 1 saturated heterocycles. The number of nitrogens with one attached hydrogen (secondary N) is 1. The van der Waals surface area contributed by atoms with Gasteiger partial charge in [-0.15, -0.1) is 0 Å². The lowest BCUT2D eigenvalue weighted by atomic mass is 10.1. The number of nitrogens with zero attached hydrogens (tertiary/aromatic N) is 3. The van der Waals surface area contributed by atoms with E-state index in [4.69, 9.17) is 10.3 Å². The van der Waals surface area contributed by atoms with Gasteiger partial charge in [0, 0.05) is 13.5 Å². The van der Waals surface area contributed by atoms with Crippen LogP contribution >= 0.6 is 0 Å². The highest BCUT2D eigenvalue weighted by molar-refractivity contribution is 5.87. The SMILES string of the molecule is Cc1nc(C2CCCN2C(=O)CNC(=O)[C@@H](N)C(C)C)no1. The van der Waals surface area contributed by atoms with Gasteiger partial charge in [-0.05, 0) is 18.8 Å². The molecule has 1 aromatic heterocycles. The number of aryl methyl sites for hydroxylation is 1. The topological polar surface area (TPSA) is 114 Å². The number of amides is 2. The van der Waals surface area contributed by atoms with Crippen molar-refractivity contribution in [2.24, 2.45) is 11.7 Å². The Morgan fingerprint density at radius 1 is 1.50 bits per heavy atom. The molecule has 0 bridgehead atoms. The molecule has 1 aliphatic rings. The van der Waals surface area contributed by atoms with Crippen LogP contribution in [0.5, 0.6) is 0 Å². The molecule has 0 radical (unpaired) electrons. The lowest BCUT2D eigenvalue weighted by Crippen LogP contribution is -2.47. The van der Waals surface area contributed by atoms with Gasteiger partial charge in [-0.3, -0.25) is 9.59 Å². The van der Waals surface area contributed by atoms with Crippen LogP contribution in [0.1, 0.15) is 44.4 Å². The van der Waals surface area contributed by atoms with Crippen LogP contribution in [0.3, 0.4) is 0 Å². The second-order valence-corrected chi connectivity index (χ2v) is 5.90. The van der Waals surface area contributed by atoms with Gasteiger partial charge in [-0.1, -0.05) is 19.0 Å². The van der Waals surface area contributed by atoms with Gasteiger partial charge in [0.2, 0.25) is 17.7 Å². The predicted molar refractivity (Wildman–Crippen MR) is 78.5 cm³/mol. The van der Waals surface area contributed by atoms with Crippen molar-refractivity contribution in [2.75, 3.05) is 13.1 Å². The van der Waals surface area contributed by atoms with Crippen LogP contribution in [0, 0.1) is 12.8 Å². The van der Waals surface area contributed by atoms with E-state index in [-0.39, 0.29) is 30.3 Å². The number of nitrogens with two attached hydrogens (primary N) is 1. The standard InChI is InChI=1S/C14H23N5O3/c1-8(2)12(15)14(21)16-7-11(20)19-6-4-5-10(19)13-17-9(3)22-18-13/h8,10,12H,4-7,15H2,1-3H3,(H,16,21)/t10?,12-/m0/s1. The number of rotatable bonds is 5. The van der Waals surface area contributed by atoms with Crippen LogP contribution in [-0.4, -0.2) is 46.0 Å². The third-order valence-electron chi connectivity index (χ3n) is 3.85. The number of carbonyl (C=O) groups excluding carboxylic acids is 2. The first kappa shape index (κ1) is 16.4. The summed E-state index contributed by atoms with van der Waals surface area (Å²) in [7, 11) is 0. The Labute approximate surface area is 129 Å². The zero-order valence-corrected chi connectivity index (χ0v) is 13.2. The van der Waals surface area contributed by atoms with E-state index < -0.39 is 6.04 Å². The maximum atomic E-state index is 12.3. The van der Waals surface area contributed by atoms with Crippen LogP contribution in [-0.2, 0) is 9.59 Å². The van der Waals surface area contributed by atoms with E-state index >= 15 is 0 Å². The highest BCUT2D eigenvalue weighted by atomic mass is 16.5. The van der Waals surface area contributed by atoms with E-state index in [1.165, 1.54) is 0 Å². The molecule has 1 fully saturated rings. The maximum Gasteiger partial charge on any atom is 0.242 e. The fourth-order valence-electron chi connectivity index (χ4n) is 2.47. The first-order valence-corrected chi connectivity index (χ1v) is 7.53. The molecule has 22 heavy (non-hydrogen) atoms. The molecule has 2 amide bonds. The number of aromatic nitrogens is 2. The second kappa shape index (κ2) is 6.87. The van der Waals surface area contributed by atoms with Gasteiger partial charge < -0.3 is 20.5 Å². The van der Waals surface area contributed by atoms with Crippen molar-refractivity contribution < 1.29 is 14.1 Å². The van der Waals surface area contributed by atoms with E-state index in [9.17, 15) is 9.59 Å². The molecule has 2 heterocycles. The average Bonchev–Trinajstić information content (AvgIpc) is 3.11. The molecule has 2 rings (SSSR count). The molecule has 3 N–H and O–H groups in total. The number of carbonyl (C=O) groups is 2. The van der Waals surface area contributed by atoms with Gasteiger partial charge in [-0.2, -0.15) is 4.98 Å². The normalized spacial score (nSPS) is 19.5. The summed E-state index contributed by atoms with van der Waals surface area (Å²) in [6, 6.07) is -0.789. The Morgan fingerprint density at radius 3 is 2.82 bits per heavy atom. The summed E-state index contributed by atoms with van der Waals surface area (Å²) in [4.78, 5) is 30.0. The van der Waals surface area contributed by atoms with Crippen molar-refractivity contribution in [2.45, 2.75) is 45.7 Å². The zero-order valence-electron chi connectivity index (χ0n) is 13.2. The minimum Gasteiger partial charge on any atom is -0.346 e. The van der Waals surface area contributed by atoms with Crippen LogP contribution in [0.2, 0.25) is 0 Å². The van der Waals surface area contributed by atoms with Crippen molar-refractivity contribution >= 4 is 11.8 Å². The first-order valence-electron chi connectivity index (χ1n) is 7.53. The summed E-state index contributed by atoms with van der Waals surface area (Å²) in [6.07, 6.45) is 1.67. The Kier molecular flexibility index (Phi) is 5.12. The molecule has 8 nitrogen and oxygen atoms in total. The monoisotopic (exact) mass is 309 g/mol. The fraction of sp³-hybridized carbons (Fsp3) is 0.714. The Balaban J connectivity index is 1.93. The summed E-state index contributed by atoms with van der Waals surface area (Å²) in [5.74, 6) is 0.555. The van der Waals surface area contributed by atoms with E-state index in [1.54, 1.807) is 11.8 Å². The lowest BCUT2D eigenvalue weighted by molar-refractivity contribution is -0.134. The molecule has 2 atom stereocenters. The first-order chi connectivity index (χ1) is 10.4. The molecule has 1 unspecified atom stereocenters. The molecule has 1 aromatic rings. The van der Waals surface area contributed by atoms with Gasteiger partial charge in [0.25, 0.3) is 0 Å². The Bertz CT molecular complexity index is 542. The number of likely N-dealkylation sites (tertiary alicyclic amines) is 1. The van der Waals surface area contributed by atoms with Crippen LogP contribution < -0.4 is 11.1 Å². The highest BCUT2D eigenvalue weighted by Gasteiger charge is 2.33. The molecule has 0 aliphatic carbocycles. The third kappa shape index (κ3) is 3.62. The maximum absolute atomic E-state index is 12.3. The Morgan fingerprint density at radius 2 is 2.23 bits per heavy atom. The lowest BCUT2D eigenvalue weighted by Gasteiger charge is -2.23. The summed E-state index contributed by atoms with van der Waals surface area (Å²) < 4.78 is 4.98. The van der Waals surface area contributed by atoms with Gasteiger partial charge in [0.05, 0.1) is 18.6 Å². The van der Waals surface area contributed by atoms with Crippen molar-refractivity contribution in [3.05, 3.63) is 11.7 Å². The molecule has 1 aliphatic heterocycles. The molecule has 122 valence electrons. The van der Waals surface area contributed by atoms with Crippen molar-refractivity contribution in [1.82, 2.24) is 20.4 Å². The molecule has 0 spiro atoms. The number of hydrogen-bond donors (Lipinski definition) is 2. The molecule has 0 aromatic carbocycles. The van der Waals surface area contributed by atoms with E-state index in [0.29, 0.717) is 18.3 Å². The number of hydrogen-bond acceptors (Lipinski definition) is 6. The van der Waals surface area contributed by atoms with E-state index in [2.05, 4.69) is 15.5 Å². The largest absolute Gasteiger partial charge is 0.346 e. The third-order valence-corrected chi connectivity index (χ3v) is 3.85. The smallest absolute Gasteiger partial charge is 0.242 e. The second-order valence-electron chi connectivity index (χ2n) is 5.90. The molecule has 8 heteroatoms. The quantitative estimate of drug-likeness (QED) is 0.799. The minimum atomic E-state index is -0.609. The van der Waals surface area contributed by atoms with Crippen molar-refractivity contribution in [3.63, 3.8) is 0 Å². The minimum absolute atomic E-state index is 0.0249. The Hall–Kier alpha value is -1.96. The summed E-state index contributed by atoms with van der Waals surface area (Å²) in [5.41, 5.74) is 5.75. The van der Waals surface area contributed by atoms with Crippen LogP contribution in [0.4, 0.5) is 0 Å². The zero-order chi connectivity index (χ0) is 16.3.